The molecule has 2 saturated heterocycles. The van der Waals surface area contributed by atoms with Gasteiger partial charge in [0.1, 0.15) is 10.8 Å². The summed E-state index contributed by atoms with van der Waals surface area (Å²) in [5, 5.41) is -0.473. The van der Waals surface area contributed by atoms with Crippen molar-refractivity contribution < 1.29 is 17.6 Å². The van der Waals surface area contributed by atoms with E-state index in [0.29, 0.717) is 32.6 Å². The molecule has 0 bridgehead atoms. The molecule has 8 heteroatoms. The number of nitrogens with zero attached hydrogens (tertiary/aromatic N) is 3. The molecule has 2 aromatic heterocycles. The highest BCUT2D eigenvalue weighted by molar-refractivity contribution is 7.89. The highest BCUT2D eigenvalue weighted by Crippen LogP contribution is 2.35. The minimum atomic E-state index is -3.37. The van der Waals surface area contributed by atoms with Crippen molar-refractivity contribution in [2.24, 2.45) is 5.41 Å². The first-order valence-electron chi connectivity index (χ1n) is 10.2. The Labute approximate surface area is 172 Å². The topological polar surface area (TPSA) is 83.7 Å². The van der Waals surface area contributed by atoms with E-state index in [2.05, 4.69) is 4.98 Å². The van der Waals surface area contributed by atoms with Gasteiger partial charge in [-0.25, -0.2) is 12.7 Å². The molecule has 0 spiro atoms. The molecule has 1 amide bonds. The van der Waals surface area contributed by atoms with E-state index in [1.807, 2.05) is 32.9 Å². The first kappa shape index (κ1) is 20.3. The van der Waals surface area contributed by atoms with Gasteiger partial charge in [-0.1, -0.05) is 20.8 Å². The minimum absolute atomic E-state index is 0.0435. The third-order valence-electron chi connectivity index (χ3n) is 5.91. The van der Waals surface area contributed by atoms with E-state index in [0.717, 1.165) is 29.5 Å². The summed E-state index contributed by atoms with van der Waals surface area (Å²) in [5.74, 6) is 0.297. The zero-order valence-corrected chi connectivity index (χ0v) is 18.1. The Balaban J connectivity index is 1.34. The number of carbonyl (C=O) groups excluding carboxylic acids is 1. The van der Waals surface area contributed by atoms with Crippen LogP contribution < -0.4 is 0 Å². The fraction of sp³-hybridized carbons (Fsp3) is 0.619. The largest absolute Gasteiger partial charge is 0.462 e. The number of hydrogen-bond donors (Lipinski definition) is 0. The average molecular weight is 420 g/mol. The highest BCUT2D eigenvalue weighted by atomic mass is 32.2. The molecule has 4 heterocycles. The summed E-state index contributed by atoms with van der Waals surface area (Å²) in [5.41, 5.74) is 2.63. The molecule has 2 fully saturated rings. The van der Waals surface area contributed by atoms with Crippen LogP contribution in [0.2, 0.25) is 0 Å². The first-order chi connectivity index (χ1) is 13.6. The maximum absolute atomic E-state index is 13.0. The second kappa shape index (κ2) is 7.40. The number of furan rings is 1. The Morgan fingerprint density at radius 3 is 2.59 bits per heavy atom. The van der Waals surface area contributed by atoms with Crippen LogP contribution in [0.1, 0.15) is 51.5 Å². The second-order valence-electron chi connectivity index (χ2n) is 9.42. The van der Waals surface area contributed by atoms with E-state index in [4.69, 9.17) is 4.42 Å². The van der Waals surface area contributed by atoms with Crippen molar-refractivity contribution in [3.05, 3.63) is 30.2 Å². The summed E-state index contributed by atoms with van der Waals surface area (Å²) in [4.78, 5) is 18.4. The van der Waals surface area contributed by atoms with Gasteiger partial charge in [0.15, 0.2) is 5.58 Å². The predicted molar refractivity (Wildman–Crippen MR) is 111 cm³/mol. The molecular formula is C21H29N3O4S. The molecule has 0 radical (unpaired) electrons. The maximum atomic E-state index is 13.0. The summed E-state index contributed by atoms with van der Waals surface area (Å²) < 4.78 is 33.2. The first-order valence-corrected chi connectivity index (χ1v) is 11.7. The van der Waals surface area contributed by atoms with E-state index in [1.165, 1.54) is 0 Å². The highest BCUT2D eigenvalue weighted by Gasteiger charge is 2.44. The molecule has 0 atom stereocenters. The van der Waals surface area contributed by atoms with Crippen LogP contribution in [0.25, 0.3) is 11.1 Å². The molecule has 2 aliphatic rings. The van der Waals surface area contributed by atoms with Crippen molar-refractivity contribution in [2.75, 3.05) is 26.2 Å². The van der Waals surface area contributed by atoms with Crippen molar-refractivity contribution in [3.63, 3.8) is 0 Å². The van der Waals surface area contributed by atoms with Crippen LogP contribution in [0.3, 0.4) is 0 Å². The number of amides is 1. The van der Waals surface area contributed by atoms with Crippen molar-refractivity contribution in [2.45, 2.75) is 51.2 Å². The number of piperidine rings is 1. The number of sulfonamides is 1. The minimum Gasteiger partial charge on any atom is -0.462 e. The molecule has 29 heavy (non-hydrogen) atoms. The number of aromatic nitrogens is 1. The molecule has 158 valence electrons. The van der Waals surface area contributed by atoms with Crippen LogP contribution in [-0.4, -0.2) is 59.9 Å². The van der Waals surface area contributed by atoms with E-state index in [9.17, 15) is 13.2 Å². The Hall–Kier alpha value is -1.93. The quantitative estimate of drug-likeness (QED) is 0.761. The Bertz CT molecular complexity index is 994. The molecule has 7 nitrogen and oxygen atoms in total. The van der Waals surface area contributed by atoms with Crippen LogP contribution in [0, 0.1) is 5.41 Å². The van der Waals surface area contributed by atoms with Crippen molar-refractivity contribution in [1.29, 1.82) is 0 Å². The summed E-state index contributed by atoms with van der Waals surface area (Å²) in [7, 11) is -3.37. The molecular weight excluding hydrogens is 390 g/mol. The number of hydrogen-bond acceptors (Lipinski definition) is 5. The molecule has 2 aromatic rings. The summed E-state index contributed by atoms with van der Waals surface area (Å²) in [6.45, 7) is 7.67. The van der Waals surface area contributed by atoms with Gasteiger partial charge in [0.25, 0.3) is 0 Å². The summed E-state index contributed by atoms with van der Waals surface area (Å²) in [6.07, 6.45) is 5.47. The Kier molecular flexibility index (Phi) is 5.19. The predicted octanol–water partition coefficient (Wildman–Crippen LogP) is 2.98. The lowest BCUT2D eigenvalue weighted by Gasteiger charge is -2.43. The molecule has 0 aromatic carbocycles. The van der Waals surface area contributed by atoms with Crippen molar-refractivity contribution >= 4 is 27.0 Å². The average Bonchev–Trinajstić information content (AvgIpc) is 3.03. The molecule has 2 aliphatic heterocycles. The monoisotopic (exact) mass is 419 g/mol. The van der Waals surface area contributed by atoms with Crippen molar-refractivity contribution in [3.8, 4) is 0 Å². The normalized spacial score (nSPS) is 20.2. The summed E-state index contributed by atoms with van der Waals surface area (Å²) in [6, 6.07) is 3.74. The third kappa shape index (κ3) is 4.05. The van der Waals surface area contributed by atoms with Crippen LogP contribution >= 0.6 is 0 Å². The van der Waals surface area contributed by atoms with Gasteiger partial charge in [0, 0.05) is 44.4 Å². The number of rotatable bonds is 4. The van der Waals surface area contributed by atoms with Gasteiger partial charge in [-0.15, -0.1) is 0 Å². The molecule has 4 rings (SSSR count). The van der Waals surface area contributed by atoms with E-state index in [-0.39, 0.29) is 17.2 Å². The van der Waals surface area contributed by atoms with Crippen LogP contribution in [-0.2, 0) is 14.8 Å². The maximum Gasteiger partial charge on any atom is 0.223 e. The number of likely N-dealkylation sites (tertiary alicyclic amines) is 1. The fourth-order valence-corrected chi connectivity index (χ4v) is 6.08. The number of pyridine rings is 1. The van der Waals surface area contributed by atoms with Gasteiger partial charge in [-0.3, -0.25) is 9.78 Å². The number of carbonyl (C=O) groups is 1. The summed E-state index contributed by atoms with van der Waals surface area (Å²) >= 11 is 0. The second-order valence-corrected chi connectivity index (χ2v) is 11.6. The van der Waals surface area contributed by atoms with E-state index < -0.39 is 15.3 Å². The molecule has 0 saturated carbocycles. The van der Waals surface area contributed by atoms with E-state index in [1.54, 1.807) is 21.7 Å². The lowest BCUT2D eigenvalue weighted by Crippen LogP contribution is -2.60. The zero-order valence-electron chi connectivity index (χ0n) is 17.3. The van der Waals surface area contributed by atoms with E-state index >= 15 is 0 Å². The molecule has 0 unspecified atom stereocenters. The lowest BCUT2D eigenvalue weighted by molar-refractivity contribution is -0.136. The van der Waals surface area contributed by atoms with Gasteiger partial charge >= 0.3 is 0 Å². The van der Waals surface area contributed by atoms with Gasteiger partial charge in [-0.2, -0.15) is 0 Å². The van der Waals surface area contributed by atoms with Gasteiger partial charge < -0.3 is 9.32 Å². The van der Waals surface area contributed by atoms with Crippen LogP contribution in [0.15, 0.2) is 29.0 Å². The van der Waals surface area contributed by atoms with Gasteiger partial charge in [0.2, 0.25) is 15.9 Å². The zero-order chi connectivity index (χ0) is 20.8. The number of fused-ring (bicyclic) bond motifs is 1. The Morgan fingerprint density at radius 1 is 1.24 bits per heavy atom. The fourth-order valence-electron chi connectivity index (χ4n) is 4.20. The Morgan fingerprint density at radius 2 is 1.93 bits per heavy atom. The molecule has 0 N–H and O–H groups in total. The van der Waals surface area contributed by atoms with Crippen molar-refractivity contribution in [1.82, 2.24) is 14.2 Å². The van der Waals surface area contributed by atoms with Crippen LogP contribution in [0.4, 0.5) is 0 Å². The van der Waals surface area contributed by atoms with Gasteiger partial charge in [0.05, 0.1) is 6.26 Å². The van der Waals surface area contributed by atoms with Gasteiger partial charge in [-0.05, 0) is 36.3 Å². The standard InChI is InChI=1S/C21H29N3O4S/c1-21(2,3)11-19(25)23-12-16(13-23)29(26,27)24-9-6-15(7-10-24)17-14-28-18-5-4-8-22-20(17)18/h4-5,8,14-16H,6-7,9-13H2,1-3H3. The smallest absolute Gasteiger partial charge is 0.223 e. The third-order valence-corrected chi connectivity index (χ3v) is 8.14. The lowest BCUT2D eigenvalue weighted by atomic mass is 9.91. The van der Waals surface area contributed by atoms with Crippen LogP contribution in [0.5, 0.6) is 0 Å². The SMILES string of the molecule is CC(C)(C)CC(=O)N1CC(S(=O)(=O)N2CCC(c3coc4cccnc34)CC2)C1. The molecule has 0 aliphatic carbocycles.